The summed E-state index contributed by atoms with van der Waals surface area (Å²) in [6, 6.07) is 7.83. The van der Waals surface area contributed by atoms with E-state index in [-0.39, 0.29) is 48.6 Å². The van der Waals surface area contributed by atoms with Gasteiger partial charge in [0.2, 0.25) is 5.91 Å². The maximum atomic E-state index is 11.9. The fraction of sp³-hybridized carbons (Fsp3) is 0.600. The second-order valence-electron chi connectivity index (χ2n) is 7.05. The van der Waals surface area contributed by atoms with Crippen LogP contribution in [0.4, 0.5) is 0 Å². The van der Waals surface area contributed by atoms with Gasteiger partial charge in [-0.3, -0.25) is 4.79 Å². The lowest BCUT2D eigenvalue weighted by Gasteiger charge is -2.20. The van der Waals surface area contributed by atoms with E-state index in [9.17, 15) is 4.79 Å². The number of carbonyl (C=O) groups is 1. The van der Waals surface area contributed by atoms with E-state index in [4.69, 9.17) is 21.1 Å². The van der Waals surface area contributed by atoms with Gasteiger partial charge in [0.05, 0.1) is 19.3 Å². The van der Waals surface area contributed by atoms with Crippen LogP contribution < -0.4 is 10.6 Å². The van der Waals surface area contributed by atoms with Gasteiger partial charge in [0, 0.05) is 49.0 Å². The summed E-state index contributed by atoms with van der Waals surface area (Å²) in [5, 5.41) is 7.35. The number of nitrogens with zero attached hydrogens (tertiary/aromatic N) is 2. The van der Waals surface area contributed by atoms with Gasteiger partial charge in [-0.25, -0.2) is 4.99 Å². The van der Waals surface area contributed by atoms with E-state index < -0.39 is 0 Å². The number of nitrogens with one attached hydrogen (secondary N) is 2. The van der Waals surface area contributed by atoms with Crippen molar-refractivity contribution in [1.82, 2.24) is 15.5 Å². The molecule has 0 bridgehead atoms. The first kappa shape index (κ1) is 27.3. The van der Waals surface area contributed by atoms with E-state index >= 15 is 0 Å². The second-order valence-corrected chi connectivity index (χ2v) is 8.65. The van der Waals surface area contributed by atoms with Gasteiger partial charge in [0.1, 0.15) is 6.54 Å². The molecule has 2 atom stereocenters. The Hall–Kier alpha value is -0.750. The molecular formula is C20H32ClIN4O3S. The molecule has 7 nitrogen and oxygen atoms in total. The van der Waals surface area contributed by atoms with Gasteiger partial charge in [-0.05, 0) is 37.6 Å². The number of carbonyl (C=O) groups excluding carboxylic acids is 1. The first-order valence-corrected chi connectivity index (χ1v) is 11.1. The van der Waals surface area contributed by atoms with E-state index in [1.165, 1.54) is 4.90 Å². The Labute approximate surface area is 205 Å². The zero-order chi connectivity index (χ0) is 21.1. The number of thioether (sulfide) groups is 1. The van der Waals surface area contributed by atoms with Gasteiger partial charge in [-0.2, -0.15) is 0 Å². The van der Waals surface area contributed by atoms with Gasteiger partial charge in [-0.1, -0.05) is 11.6 Å². The molecule has 2 unspecified atom stereocenters. The highest BCUT2D eigenvalue weighted by Crippen LogP contribution is 2.19. The maximum Gasteiger partial charge on any atom is 0.243 e. The Morgan fingerprint density at radius 3 is 2.77 bits per heavy atom. The van der Waals surface area contributed by atoms with Crippen LogP contribution in [0.2, 0.25) is 5.02 Å². The van der Waals surface area contributed by atoms with Crippen LogP contribution >= 0.6 is 47.3 Å². The first-order valence-electron chi connectivity index (χ1n) is 9.76. The largest absolute Gasteiger partial charge is 0.379 e. The summed E-state index contributed by atoms with van der Waals surface area (Å²) in [5.41, 5.74) is 0. The van der Waals surface area contributed by atoms with Crippen LogP contribution in [0.5, 0.6) is 0 Å². The lowest BCUT2D eigenvalue weighted by atomic mass is 10.3. The van der Waals surface area contributed by atoms with Crippen molar-refractivity contribution >= 4 is 59.2 Å². The molecule has 1 heterocycles. The Morgan fingerprint density at radius 2 is 2.13 bits per heavy atom. The molecule has 2 rings (SSSR count). The Bertz CT molecular complexity index is 658. The highest BCUT2D eigenvalue weighted by molar-refractivity contribution is 14.0. The van der Waals surface area contributed by atoms with Gasteiger partial charge < -0.3 is 25.0 Å². The number of hydrogen-bond acceptors (Lipinski definition) is 5. The van der Waals surface area contributed by atoms with Crippen molar-refractivity contribution < 1.29 is 14.3 Å². The molecular weight excluding hydrogens is 539 g/mol. The molecule has 1 aromatic carbocycles. The Balaban J connectivity index is 0.00000450. The fourth-order valence-electron chi connectivity index (χ4n) is 2.51. The summed E-state index contributed by atoms with van der Waals surface area (Å²) in [7, 11) is 3.45. The monoisotopic (exact) mass is 570 g/mol. The molecule has 170 valence electrons. The van der Waals surface area contributed by atoms with Gasteiger partial charge in [0.25, 0.3) is 0 Å². The number of likely N-dealkylation sites (N-methyl/N-ethyl adjacent to an activating group) is 1. The topological polar surface area (TPSA) is 75.2 Å². The van der Waals surface area contributed by atoms with Crippen LogP contribution in [0.25, 0.3) is 0 Å². The molecule has 10 heteroatoms. The first-order chi connectivity index (χ1) is 13.9. The van der Waals surface area contributed by atoms with Crippen LogP contribution in [-0.2, 0) is 14.3 Å². The van der Waals surface area contributed by atoms with E-state index in [1.807, 2.05) is 31.2 Å². The predicted octanol–water partition coefficient (Wildman–Crippen LogP) is 2.87. The normalized spacial score (nSPS) is 17.2. The summed E-state index contributed by atoms with van der Waals surface area (Å²) in [6.07, 6.45) is 1.10. The molecule has 1 saturated heterocycles. The molecule has 1 amide bonds. The average molecular weight is 571 g/mol. The van der Waals surface area contributed by atoms with Crippen LogP contribution in [0, 0.1) is 0 Å². The van der Waals surface area contributed by atoms with Crippen molar-refractivity contribution in [1.29, 1.82) is 0 Å². The van der Waals surface area contributed by atoms with Crippen molar-refractivity contribution in [3.8, 4) is 0 Å². The predicted molar refractivity (Wildman–Crippen MR) is 134 cm³/mol. The lowest BCUT2D eigenvalue weighted by Crippen LogP contribution is -2.45. The third-order valence-corrected chi connectivity index (χ3v) is 5.47. The average Bonchev–Trinajstić information content (AvgIpc) is 3.22. The molecule has 0 spiro atoms. The molecule has 0 aromatic heterocycles. The van der Waals surface area contributed by atoms with Crippen molar-refractivity contribution in [3.63, 3.8) is 0 Å². The highest BCUT2D eigenvalue weighted by Gasteiger charge is 2.17. The summed E-state index contributed by atoms with van der Waals surface area (Å²) in [6.45, 7) is 4.80. The maximum absolute atomic E-state index is 11.9. The molecule has 0 saturated carbocycles. The molecule has 1 aliphatic heterocycles. The minimum Gasteiger partial charge on any atom is -0.379 e. The smallest absolute Gasteiger partial charge is 0.243 e. The summed E-state index contributed by atoms with van der Waals surface area (Å²) < 4.78 is 11.2. The molecule has 0 radical (unpaired) electrons. The second kappa shape index (κ2) is 15.1. The number of rotatable bonds is 10. The Kier molecular flexibility index (Phi) is 13.7. The molecule has 1 aromatic rings. The van der Waals surface area contributed by atoms with Crippen molar-refractivity contribution in [2.45, 2.75) is 30.4 Å². The summed E-state index contributed by atoms with van der Waals surface area (Å²) >= 11 is 7.65. The molecule has 0 aliphatic carbocycles. The minimum absolute atomic E-state index is 0. The van der Waals surface area contributed by atoms with E-state index in [2.05, 4.69) is 15.6 Å². The molecule has 30 heavy (non-hydrogen) atoms. The molecule has 1 aliphatic rings. The standard InChI is InChI=1S/C20H31ClN4O3S.HI/c1-15(13-28-17-8-10-27-14-17)24-20(23-12-19(26)25(2)3)22-9-11-29-18-6-4-16(21)5-7-18;/h4-7,15,17H,8-14H2,1-3H3,(H2,22,23,24);1H. The molecule has 2 N–H and O–H groups in total. The fourth-order valence-corrected chi connectivity index (χ4v) is 3.40. The number of amides is 1. The number of hydrogen-bond donors (Lipinski definition) is 2. The molecule has 1 fully saturated rings. The van der Waals surface area contributed by atoms with Gasteiger partial charge in [0.15, 0.2) is 5.96 Å². The quantitative estimate of drug-likeness (QED) is 0.148. The van der Waals surface area contributed by atoms with Crippen LogP contribution in [0.15, 0.2) is 34.2 Å². The van der Waals surface area contributed by atoms with Gasteiger partial charge >= 0.3 is 0 Å². The highest BCUT2D eigenvalue weighted by atomic mass is 127. The van der Waals surface area contributed by atoms with E-state index in [0.717, 1.165) is 28.7 Å². The van der Waals surface area contributed by atoms with E-state index in [1.54, 1.807) is 25.9 Å². The lowest BCUT2D eigenvalue weighted by molar-refractivity contribution is -0.127. The number of halogens is 2. The SMILES string of the molecule is CC(COC1CCOC1)NC(=NCC(=O)N(C)C)NCCSc1ccc(Cl)cc1.I. The van der Waals surface area contributed by atoms with Crippen molar-refractivity contribution in [3.05, 3.63) is 29.3 Å². The number of guanidine groups is 1. The van der Waals surface area contributed by atoms with Crippen LogP contribution in [0.3, 0.4) is 0 Å². The Morgan fingerprint density at radius 1 is 1.40 bits per heavy atom. The zero-order valence-corrected chi connectivity index (χ0v) is 21.6. The number of ether oxygens (including phenoxy) is 2. The third kappa shape index (κ3) is 11.0. The number of benzene rings is 1. The zero-order valence-electron chi connectivity index (χ0n) is 17.7. The van der Waals surface area contributed by atoms with Crippen LogP contribution in [-0.4, -0.2) is 81.7 Å². The van der Waals surface area contributed by atoms with E-state index in [0.29, 0.717) is 25.7 Å². The van der Waals surface area contributed by atoms with Crippen LogP contribution in [0.1, 0.15) is 13.3 Å². The number of aliphatic imine (C=N–C) groups is 1. The van der Waals surface area contributed by atoms with Crippen molar-refractivity contribution in [2.24, 2.45) is 4.99 Å². The summed E-state index contributed by atoms with van der Waals surface area (Å²) in [4.78, 5) is 19.0. The van der Waals surface area contributed by atoms with Gasteiger partial charge in [-0.15, -0.1) is 35.7 Å². The van der Waals surface area contributed by atoms with Crippen molar-refractivity contribution in [2.75, 3.05) is 52.8 Å². The summed E-state index contributed by atoms with van der Waals surface area (Å²) in [5.74, 6) is 1.41. The minimum atomic E-state index is -0.0475. The third-order valence-electron chi connectivity index (χ3n) is 4.20.